The van der Waals surface area contributed by atoms with E-state index in [0.717, 1.165) is 16.6 Å². The van der Waals surface area contributed by atoms with Gasteiger partial charge in [0, 0.05) is 23.1 Å². The molecular weight excluding hydrogens is 265 g/mol. The number of halogens is 1. The maximum atomic E-state index is 13.6. The largest absolute Gasteiger partial charge is 0.294 e. The van der Waals surface area contributed by atoms with Crippen molar-refractivity contribution in [2.75, 3.05) is 0 Å². The molecule has 0 N–H and O–H groups in total. The number of aryl methyl sites for hydroxylation is 1. The number of aromatic nitrogens is 1. The van der Waals surface area contributed by atoms with Crippen molar-refractivity contribution in [3.8, 4) is 0 Å². The Morgan fingerprint density at radius 2 is 1.90 bits per heavy atom. The maximum Gasteiger partial charge on any atom is 0.167 e. The number of rotatable bonds is 3. The number of hydrogen-bond acceptors (Lipinski definition) is 2. The lowest BCUT2D eigenvalue weighted by Gasteiger charge is -2.05. The van der Waals surface area contributed by atoms with Gasteiger partial charge in [-0.05, 0) is 42.8 Å². The molecule has 0 fully saturated rings. The summed E-state index contributed by atoms with van der Waals surface area (Å²) in [7, 11) is 0. The number of Topliss-reactive ketones (excluding diaryl/α,β-unsaturated/α-hetero) is 1. The summed E-state index contributed by atoms with van der Waals surface area (Å²) >= 11 is 0. The molecule has 0 aliphatic rings. The van der Waals surface area contributed by atoms with Gasteiger partial charge in [0.2, 0.25) is 0 Å². The van der Waals surface area contributed by atoms with Gasteiger partial charge in [-0.2, -0.15) is 0 Å². The van der Waals surface area contributed by atoms with Crippen molar-refractivity contribution in [2.24, 2.45) is 0 Å². The summed E-state index contributed by atoms with van der Waals surface area (Å²) in [6, 6.07) is 15.6. The molecule has 0 saturated carbocycles. The Balaban J connectivity index is 1.91. The lowest BCUT2D eigenvalue weighted by atomic mass is 10.0. The van der Waals surface area contributed by atoms with E-state index in [9.17, 15) is 9.18 Å². The molecule has 1 heterocycles. The second kappa shape index (κ2) is 5.44. The first-order chi connectivity index (χ1) is 10.1. The van der Waals surface area contributed by atoms with Gasteiger partial charge in [0.15, 0.2) is 5.78 Å². The van der Waals surface area contributed by atoms with Gasteiger partial charge < -0.3 is 0 Å². The summed E-state index contributed by atoms with van der Waals surface area (Å²) < 4.78 is 13.6. The quantitative estimate of drug-likeness (QED) is 0.675. The van der Waals surface area contributed by atoms with Crippen LogP contribution in [0.5, 0.6) is 0 Å². The molecular formula is C18H14FNO. The summed E-state index contributed by atoms with van der Waals surface area (Å²) in [5, 5.41) is 0.917. The SMILES string of the molecule is Cc1ccc2cc(C(=O)Cc3ccccc3F)ccc2n1. The molecule has 2 nitrogen and oxygen atoms in total. The average Bonchev–Trinajstić information content (AvgIpc) is 2.49. The third-order valence-corrected chi connectivity index (χ3v) is 3.46. The molecule has 0 atom stereocenters. The third-order valence-electron chi connectivity index (χ3n) is 3.46. The number of carbonyl (C=O) groups is 1. The summed E-state index contributed by atoms with van der Waals surface area (Å²) in [4.78, 5) is 16.7. The predicted octanol–water partition coefficient (Wildman–Crippen LogP) is 4.11. The molecule has 0 unspecified atom stereocenters. The van der Waals surface area contributed by atoms with Crippen LogP contribution in [0.15, 0.2) is 54.6 Å². The molecule has 0 radical (unpaired) electrons. The highest BCUT2D eigenvalue weighted by molar-refractivity contribution is 6.00. The fourth-order valence-corrected chi connectivity index (χ4v) is 2.32. The van der Waals surface area contributed by atoms with Gasteiger partial charge in [-0.25, -0.2) is 4.39 Å². The van der Waals surface area contributed by atoms with Crippen LogP contribution in [0.3, 0.4) is 0 Å². The molecule has 21 heavy (non-hydrogen) atoms. The van der Waals surface area contributed by atoms with E-state index in [1.54, 1.807) is 24.3 Å². The Morgan fingerprint density at radius 1 is 1.10 bits per heavy atom. The van der Waals surface area contributed by atoms with Crippen molar-refractivity contribution < 1.29 is 9.18 Å². The van der Waals surface area contributed by atoms with Gasteiger partial charge in [-0.15, -0.1) is 0 Å². The van der Waals surface area contributed by atoms with E-state index in [1.165, 1.54) is 6.07 Å². The zero-order valence-electron chi connectivity index (χ0n) is 11.6. The maximum absolute atomic E-state index is 13.6. The fraction of sp³-hybridized carbons (Fsp3) is 0.111. The summed E-state index contributed by atoms with van der Waals surface area (Å²) in [6.45, 7) is 1.93. The van der Waals surface area contributed by atoms with E-state index in [0.29, 0.717) is 11.1 Å². The van der Waals surface area contributed by atoms with Crippen molar-refractivity contribution in [3.63, 3.8) is 0 Å². The molecule has 104 valence electrons. The van der Waals surface area contributed by atoms with E-state index in [-0.39, 0.29) is 18.0 Å². The van der Waals surface area contributed by atoms with Crippen LogP contribution in [0.1, 0.15) is 21.6 Å². The van der Waals surface area contributed by atoms with E-state index in [4.69, 9.17) is 0 Å². The van der Waals surface area contributed by atoms with Gasteiger partial charge >= 0.3 is 0 Å². The Morgan fingerprint density at radius 3 is 2.71 bits per heavy atom. The van der Waals surface area contributed by atoms with Crippen LogP contribution in [0.4, 0.5) is 4.39 Å². The second-order valence-electron chi connectivity index (χ2n) is 5.05. The molecule has 0 saturated heterocycles. The standard InChI is InChI=1S/C18H14FNO/c1-12-6-7-14-10-15(8-9-17(14)20-12)18(21)11-13-4-2-3-5-16(13)19/h2-10H,11H2,1H3. The summed E-state index contributed by atoms with van der Waals surface area (Å²) in [6.07, 6.45) is 0.0669. The van der Waals surface area contributed by atoms with E-state index in [2.05, 4.69) is 4.98 Å². The molecule has 0 spiro atoms. The number of carbonyl (C=O) groups excluding carboxylic acids is 1. The molecule has 0 amide bonds. The van der Waals surface area contributed by atoms with Crippen LogP contribution in [0.2, 0.25) is 0 Å². The first-order valence-corrected chi connectivity index (χ1v) is 6.77. The van der Waals surface area contributed by atoms with Crippen LogP contribution >= 0.6 is 0 Å². The fourth-order valence-electron chi connectivity index (χ4n) is 2.32. The normalized spacial score (nSPS) is 10.8. The van der Waals surface area contributed by atoms with Crippen LogP contribution in [0.25, 0.3) is 10.9 Å². The van der Waals surface area contributed by atoms with Crippen LogP contribution in [-0.2, 0) is 6.42 Å². The zero-order valence-corrected chi connectivity index (χ0v) is 11.6. The van der Waals surface area contributed by atoms with E-state index in [1.807, 2.05) is 31.2 Å². The molecule has 0 bridgehead atoms. The molecule has 2 aromatic carbocycles. The van der Waals surface area contributed by atoms with Gasteiger partial charge in [0.1, 0.15) is 5.82 Å². The molecule has 0 aliphatic heterocycles. The highest BCUT2D eigenvalue weighted by Gasteiger charge is 2.11. The van der Waals surface area contributed by atoms with Crippen molar-refractivity contribution >= 4 is 16.7 Å². The van der Waals surface area contributed by atoms with Crippen LogP contribution < -0.4 is 0 Å². The molecule has 0 aliphatic carbocycles. The average molecular weight is 279 g/mol. The van der Waals surface area contributed by atoms with Gasteiger partial charge in [0.05, 0.1) is 5.52 Å². The third kappa shape index (κ3) is 2.82. The Bertz CT molecular complexity index is 826. The first kappa shape index (κ1) is 13.4. The molecule has 3 heteroatoms. The molecule has 1 aromatic heterocycles. The number of fused-ring (bicyclic) bond motifs is 1. The Labute approximate surface area is 122 Å². The molecule has 3 aromatic rings. The van der Waals surface area contributed by atoms with Crippen LogP contribution in [-0.4, -0.2) is 10.8 Å². The summed E-state index contributed by atoms with van der Waals surface area (Å²) in [5.41, 5.74) is 2.80. The Kier molecular flexibility index (Phi) is 3.48. The van der Waals surface area contributed by atoms with Gasteiger partial charge in [-0.1, -0.05) is 24.3 Å². The van der Waals surface area contributed by atoms with Crippen molar-refractivity contribution in [2.45, 2.75) is 13.3 Å². The predicted molar refractivity (Wildman–Crippen MR) is 80.9 cm³/mol. The number of ketones is 1. The summed E-state index contributed by atoms with van der Waals surface area (Å²) in [5.74, 6) is -0.438. The van der Waals surface area contributed by atoms with Crippen molar-refractivity contribution in [1.29, 1.82) is 0 Å². The lowest BCUT2D eigenvalue weighted by molar-refractivity contribution is 0.0992. The highest BCUT2D eigenvalue weighted by atomic mass is 19.1. The minimum Gasteiger partial charge on any atom is -0.294 e. The highest BCUT2D eigenvalue weighted by Crippen LogP contribution is 2.17. The monoisotopic (exact) mass is 279 g/mol. The first-order valence-electron chi connectivity index (χ1n) is 6.77. The van der Waals surface area contributed by atoms with E-state index < -0.39 is 0 Å². The van der Waals surface area contributed by atoms with E-state index >= 15 is 0 Å². The molecule has 3 rings (SSSR count). The van der Waals surface area contributed by atoms with Gasteiger partial charge in [0.25, 0.3) is 0 Å². The topological polar surface area (TPSA) is 30.0 Å². The number of nitrogens with zero attached hydrogens (tertiary/aromatic N) is 1. The van der Waals surface area contributed by atoms with Crippen molar-refractivity contribution in [1.82, 2.24) is 4.98 Å². The number of hydrogen-bond donors (Lipinski definition) is 0. The van der Waals surface area contributed by atoms with Gasteiger partial charge in [-0.3, -0.25) is 9.78 Å². The number of benzene rings is 2. The lowest BCUT2D eigenvalue weighted by Crippen LogP contribution is -2.05. The zero-order chi connectivity index (χ0) is 14.8. The van der Waals surface area contributed by atoms with Crippen molar-refractivity contribution in [3.05, 3.63) is 77.2 Å². The van der Waals surface area contributed by atoms with Crippen LogP contribution in [0, 0.1) is 12.7 Å². The minimum absolute atomic E-state index is 0.0669. The second-order valence-corrected chi connectivity index (χ2v) is 5.05. The smallest absolute Gasteiger partial charge is 0.167 e. The number of pyridine rings is 1. The minimum atomic E-state index is -0.344. The Hall–Kier alpha value is -2.55.